The minimum Gasteiger partial charge on any atom is -0.423 e. The van der Waals surface area contributed by atoms with Crippen LogP contribution >= 0.6 is 0 Å². The van der Waals surface area contributed by atoms with Crippen LogP contribution in [0.3, 0.4) is 0 Å². The largest absolute Gasteiger partial charge is 0.488 e. The van der Waals surface area contributed by atoms with Gasteiger partial charge in [-0.1, -0.05) is 13.0 Å². The Hall–Kier alpha value is -1.33. The minimum atomic E-state index is -1.43. The van der Waals surface area contributed by atoms with E-state index in [0.29, 0.717) is 5.46 Å². The van der Waals surface area contributed by atoms with Gasteiger partial charge in [0.1, 0.15) is 0 Å². The van der Waals surface area contributed by atoms with Crippen LogP contribution in [0.25, 0.3) is 11.0 Å². The van der Waals surface area contributed by atoms with E-state index in [1.165, 1.54) is 0 Å². The SMILES string of the molecule is CCCn1cnc2cc(B(O)O)ccc21. The van der Waals surface area contributed by atoms with Crippen LogP contribution in [0.4, 0.5) is 0 Å². The molecule has 0 bridgehead atoms. The number of hydrogen-bond acceptors (Lipinski definition) is 3. The van der Waals surface area contributed by atoms with Crippen molar-refractivity contribution in [2.75, 3.05) is 0 Å². The highest BCUT2D eigenvalue weighted by atomic mass is 16.4. The molecule has 0 saturated carbocycles. The lowest BCUT2D eigenvalue weighted by Crippen LogP contribution is -2.29. The molecule has 0 atom stereocenters. The number of fused-ring (bicyclic) bond motifs is 1. The molecule has 0 amide bonds. The Morgan fingerprint density at radius 1 is 1.40 bits per heavy atom. The van der Waals surface area contributed by atoms with Crippen LogP contribution in [-0.2, 0) is 6.54 Å². The van der Waals surface area contributed by atoms with Gasteiger partial charge in [0.25, 0.3) is 0 Å². The molecule has 0 fully saturated rings. The fraction of sp³-hybridized carbons (Fsp3) is 0.300. The highest BCUT2D eigenvalue weighted by Gasteiger charge is 2.12. The number of nitrogens with zero attached hydrogens (tertiary/aromatic N) is 2. The Morgan fingerprint density at radius 2 is 2.20 bits per heavy atom. The monoisotopic (exact) mass is 204 g/mol. The molecule has 2 aromatic rings. The predicted molar refractivity (Wildman–Crippen MR) is 59.8 cm³/mol. The molecule has 4 nitrogen and oxygen atoms in total. The van der Waals surface area contributed by atoms with E-state index >= 15 is 0 Å². The molecule has 0 aliphatic rings. The molecule has 0 unspecified atom stereocenters. The molecule has 1 heterocycles. The van der Waals surface area contributed by atoms with Crippen molar-refractivity contribution in [2.45, 2.75) is 19.9 Å². The normalized spacial score (nSPS) is 10.9. The van der Waals surface area contributed by atoms with Gasteiger partial charge in [-0.15, -0.1) is 0 Å². The van der Waals surface area contributed by atoms with Crippen LogP contribution in [0.15, 0.2) is 24.5 Å². The number of imidazole rings is 1. The van der Waals surface area contributed by atoms with Gasteiger partial charge in [-0.05, 0) is 24.0 Å². The summed E-state index contributed by atoms with van der Waals surface area (Å²) in [5.41, 5.74) is 2.31. The molecule has 2 rings (SSSR count). The van der Waals surface area contributed by atoms with Gasteiger partial charge in [0.15, 0.2) is 0 Å². The first-order valence-corrected chi connectivity index (χ1v) is 5.03. The smallest absolute Gasteiger partial charge is 0.423 e. The summed E-state index contributed by atoms with van der Waals surface area (Å²) in [6.45, 7) is 3.04. The van der Waals surface area contributed by atoms with Crippen molar-refractivity contribution < 1.29 is 10.0 Å². The van der Waals surface area contributed by atoms with Crippen molar-refractivity contribution in [3.05, 3.63) is 24.5 Å². The van der Waals surface area contributed by atoms with E-state index in [4.69, 9.17) is 10.0 Å². The second-order valence-corrected chi connectivity index (χ2v) is 3.56. The first-order valence-electron chi connectivity index (χ1n) is 5.03. The molecule has 1 aromatic carbocycles. The Morgan fingerprint density at radius 3 is 2.87 bits per heavy atom. The van der Waals surface area contributed by atoms with E-state index in [0.717, 1.165) is 24.0 Å². The molecule has 0 radical (unpaired) electrons. The van der Waals surface area contributed by atoms with Crippen molar-refractivity contribution >= 4 is 23.6 Å². The summed E-state index contributed by atoms with van der Waals surface area (Å²) in [5.74, 6) is 0. The standard InChI is InChI=1S/C10H13BN2O2/c1-2-5-13-7-12-9-6-8(11(14)15)3-4-10(9)13/h3-4,6-7,14-15H,2,5H2,1H3. The molecule has 5 heteroatoms. The lowest BCUT2D eigenvalue weighted by molar-refractivity contribution is 0.426. The van der Waals surface area contributed by atoms with Gasteiger partial charge in [0, 0.05) is 6.54 Å². The van der Waals surface area contributed by atoms with Crippen molar-refractivity contribution in [2.24, 2.45) is 0 Å². The minimum absolute atomic E-state index is 0.476. The lowest BCUT2D eigenvalue weighted by Gasteiger charge is -2.02. The zero-order chi connectivity index (χ0) is 10.8. The quantitative estimate of drug-likeness (QED) is 0.698. The lowest BCUT2D eigenvalue weighted by atomic mass is 9.80. The molecule has 78 valence electrons. The van der Waals surface area contributed by atoms with E-state index < -0.39 is 7.12 Å². The predicted octanol–water partition coefficient (Wildman–Crippen LogP) is 0.126. The third-order valence-electron chi connectivity index (χ3n) is 2.41. The first-order chi connectivity index (χ1) is 7.22. The number of benzene rings is 1. The topological polar surface area (TPSA) is 58.3 Å². The summed E-state index contributed by atoms with van der Waals surface area (Å²) in [5, 5.41) is 18.0. The summed E-state index contributed by atoms with van der Waals surface area (Å²) in [4.78, 5) is 4.22. The molecular weight excluding hydrogens is 191 g/mol. The van der Waals surface area contributed by atoms with Crippen LogP contribution in [0.5, 0.6) is 0 Å². The summed E-state index contributed by atoms with van der Waals surface area (Å²) in [7, 11) is -1.43. The number of aromatic nitrogens is 2. The van der Waals surface area contributed by atoms with Gasteiger partial charge in [-0.25, -0.2) is 4.98 Å². The van der Waals surface area contributed by atoms with E-state index in [-0.39, 0.29) is 0 Å². The first kappa shape index (κ1) is 10.2. The maximum Gasteiger partial charge on any atom is 0.488 e. The van der Waals surface area contributed by atoms with Crippen molar-refractivity contribution in [1.29, 1.82) is 0 Å². The van der Waals surface area contributed by atoms with Gasteiger partial charge in [0.05, 0.1) is 17.4 Å². The molecule has 0 saturated heterocycles. The van der Waals surface area contributed by atoms with Crippen LogP contribution in [-0.4, -0.2) is 26.7 Å². The molecule has 1 aromatic heterocycles. The second-order valence-electron chi connectivity index (χ2n) is 3.56. The van der Waals surface area contributed by atoms with E-state index in [2.05, 4.69) is 16.5 Å². The molecule has 2 N–H and O–H groups in total. The fourth-order valence-corrected chi connectivity index (χ4v) is 1.66. The van der Waals surface area contributed by atoms with Crippen LogP contribution < -0.4 is 5.46 Å². The maximum absolute atomic E-state index is 9.01. The van der Waals surface area contributed by atoms with E-state index in [9.17, 15) is 0 Å². The second kappa shape index (κ2) is 4.04. The van der Waals surface area contributed by atoms with Gasteiger partial charge in [0.2, 0.25) is 0 Å². The molecule has 0 aliphatic carbocycles. The Bertz CT molecular complexity index is 467. The Labute approximate surface area is 88.3 Å². The number of aryl methyl sites for hydroxylation is 1. The van der Waals surface area contributed by atoms with Crippen LogP contribution in [0, 0.1) is 0 Å². The number of hydrogen-bond donors (Lipinski definition) is 2. The van der Waals surface area contributed by atoms with Crippen LogP contribution in [0.2, 0.25) is 0 Å². The van der Waals surface area contributed by atoms with E-state index in [1.54, 1.807) is 18.5 Å². The molecule has 0 spiro atoms. The highest BCUT2D eigenvalue weighted by molar-refractivity contribution is 6.58. The van der Waals surface area contributed by atoms with Gasteiger partial charge in [-0.2, -0.15) is 0 Å². The zero-order valence-electron chi connectivity index (χ0n) is 8.59. The molecule has 0 aliphatic heterocycles. The third-order valence-corrected chi connectivity index (χ3v) is 2.41. The van der Waals surface area contributed by atoms with Gasteiger partial charge < -0.3 is 14.6 Å². The van der Waals surface area contributed by atoms with Crippen molar-refractivity contribution in [1.82, 2.24) is 9.55 Å². The third kappa shape index (κ3) is 1.89. The average molecular weight is 204 g/mol. The molecular formula is C10H13BN2O2. The Kier molecular flexibility index (Phi) is 2.75. The number of rotatable bonds is 3. The Balaban J connectivity index is 2.47. The van der Waals surface area contributed by atoms with Crippen molar-refractivity contribution in [3.63, 3.8) is 0 Å². The van der Waals surface area contributed by atoms with Gasteiger partial charge >= 0.3 is 7.12 Å². The van der Waals surface area contributed by atoms with Crippen molar-refractivity contribution in [3.8, 4) is 0 Å². The van der Waals surface area contributed by atoms with Gasteiger partial charge in [-0.3, -0.25) is 0 Å². The summed E-state index contributed by atoms with van der Waals surface area (Å²) >= 11 is 0. The highest BCUT2D eigenvalue weighted by Crippen LogP contribution is 2.11. The maximum atomic E-state index is 9.01. The molecule has 15 heavy (non-hydrogen) atoms. The van der Waals surface area contributed by atoms with Crippen LogP contribution in [0.1, 0.15) is 13.3 Å². The summed E-state index contributed by atoms with van der Waals surface area (Å²) in [6, 6.07) is 5.28. The summed E-state index contributed by atoms with van der Waals surface area (Å²) < 4.78 is 2.06. The van der Waals surface area contributed by atoms with E-state index in [1.807, 2.05) is 6.07 Å². The zero-order valence-corrected chi connectivity index (χ0v) is 8.59. The average Bonchev–Trinajstić information content (AvgIpc) is 2.61. The summed E-state index contributed by atoms with van der Waals surface area (Å²) in [6.07, 6.45) is 2.83. The fourth-order valence-electron chi connectivity index (χ4n) is 1.66.